The highest BCUT2D eigenvalue weighted by Crippen LogP contribution is 2.31. The van der Waals surface area contributed by atoms with Crippen molar-refractivity contribution >= 4 is 40.7 Å². The van der Waals surface area contributed by atoms with Gasteiger partial charge in [-0.25, -0.2) is 4.98 Å². The predicted molar refractivity (Wildman–Crippen MR) is 112 cm³/mol. The standard InChI is InChI=1S/C19H21ClF3N5S/c1-12-3-2-8-28(11-12)16-9-15(19(21,22)23)25-17(26-16)27-18(29)24-10-13-4-6-14(20)7-5-13/h4-7,9,12H,2-3,8,10-11H2,1H3,(H2,24,25,26,27,29)/t12-/m0/s1. The second-order valence-electron chi connectivity index (χ2n) is 7.06. The Kier molecular flexibility index (Phi) is 6.79. The molecule has 1 aromatic carbocycles. The molecule has 2 heterocycles. The Bertz CT molecular complexity index is 860. The molecular weight excluding hydrogens is 423 g/mol. The summed E-state index contributed by atoms with van der Waals surface area (Å²) in [4.78, 5) is 9.74. The first-order valence-corrected chi connectivity index (χ1v) is 10.00. The van der Waals surface area contributed by atoms with Gasteiger partial charge in [0.1, 0.15) is 5.82 Å². The van der Waals surface area contributed by atoms with Crippen molar-refractivity contribution in [2.24, 2.45) is 5.92 Å². The molecule has 1 aliphatic rings. The van der Waals surface area contributed by atoms with Crippen LogP contribution in [-0.2, 0) is 12.7 Å². The monoisotopic (exact) mass is 443 g/mol. The third-order valence-electron chi connectivity index (χ3n) is 4.58. The molecule has 0 saturated carbocycles. The van der Waals surface area contributed by atoms with Crippen LogP contribution in [0.2, 0.25) is 5.02 Å². The largest absolute Gasteiger partial charge is 0.433 e. The van der Waals surface area contributed by atoms with Gasteiger partial charge in [0.2, 0.25) is 5.95 Å². The third-order valence-corrected chi connectivity index (χ3v) is 5.07. The van der Waals surface area contributed by atoms with Crippen LogP contribution < -0.4 is 15.5 Å². The molecule has 3 rings (SSSR count). The number of benzene rings is 1. The molecule has 0 aliphatic carbocycles. The van der Waals surface area contributed by atoms with Gasteiger partial charge < -0.3 is 15.5 Å². The fourth-order valence-corrected chi connectivity index (χ4v) is 3.41. The van der Waals surface area contributed by atoms with Crippen LogP contribution >= 0.6 is 23.8 Å². The molecule has 1 atom stereocenters. The van der Waals surface area contributed by atoms with Crippen molar-refractivity contribution < 1.29 is 13.2 Å². The number of piperidine rings is 1. The maximum absolute atomic E-state index is 13.3. The van der Waals surface area contributed by atoms with E-state index in [2.05, 4.69) is 27.5 Å². The second-order valence-corrected chi connectivity index (χ2v) is 7.90. The van der Waals surface area contributed by atoms with Gasteiger partial charge in [0.15, 0.2) is 10.8 Å². The zero-order valence-electron chi connectivity index (χ0n) is 15.8. The van der Waals surface area contributed by atoms with Crippen LogP contribution in [-0.4, -0.2) is 28.2 Å². The van der Waals surface area contributed by atoms with E-state index in [1.54, 1.807) is 12.1 Å². The Morgan fingerprint density at radius 2 is 2.00 bits per heavy atom. The van der Waals surface area contributed by atoms with Gasteiger partial charge in [-0.2, -0.15) is 18.2 Å². The molecule has 1 fully saturated rings. The minimum absolute atomic E-state index is 0.136. The number of hydrogen-bond donors (Lipinski definition) is 2. The van der Waals surface area contributed by atoms with E-state index in [4.69, 9.17) is 23.8 Å². The lowest BCUT2D eigenvalue weighted by Crippen LogP contribution is -2.35. The first-order chi connectivity index (χ1) is 13.7. The molecule has 1 aliphatic heterocycles. The summed E-state index contributed by atoms with van der Waals surface area (Å²) in [7, 11) is 0. The quantitative estimate of drug-likeness (QED) is 0.657. The van der Waals surface area contributed by atoms with E-state index < -0.39 is 11.9 Å². The van der Waals surface area contributed by atoms with E-state index in [0.29, 0.717) is 30.6 Å². The van der Waals surface area contributed by atoms with E-state index >= 15 is 0 Å². The van der Waals surface area contributed by atoms with Gasteiger partial charge in [0.25, 0.3) is 0 Å². The van der Waals surface area contributed by atoms with Gasteiger partial charge in [0, 0.05) is 30.7 Å². The van der Waals surface area contributed by atoms with Crippen LogP contribution in [0.4, 0.5) is 24.9 Å². The summed E-state index contributed by atoms with van der Waals surface area (Å²) in [6, 6.07) is 8.14. The van der Waals surface area contributed by atoms with Gasteiger partial charge in [-0.3, -0.25) is 0 Å². The predicted octanol–water partition coefficient (Wildman–Crippen LogP) is 4.87. The minimum atomic E-state index is -4.58. The molecule has 1 saturated heterocycles. The van der Waals surface area contributed by atoms with Crippen LogP contribution in [0.25, 0.3) is 0 Å². The number of thiocarbonyl (C=S) groups is 1. The maximum atomic E-state index is 13.3. The van der Waals surface area contributed by atoms with Gasteiger partial charge >= 0.3 is 6.18 Å². The highest BCUT2D eigenvalue weighted by Gasteiger charge is 2.34. The van der Waals surface area contributed by atoms with E-state index in [0.717, 1.165) is 24.5 Å². The molecule has 2 aromatic rings. The molecule has 0 bridgehead atoms. The molecule has 0 spiro atoms. The Labute approximate surface area is 177 Å². The van der Waals surface area contributed by atoms with Crippen LogP contribution in [0.15, 0.2) is 30.3 Å². The smallest absolute Gasteiger partial charge is 0.358 e. The number of aromatic nitrogens is 2. The number of anilines is 2. The van der Waals surface area contributed by atoms with Crippen molar-refractivity contribution in [3.8, 4) is 0 Å². The summed E-state index contributed by atoms with van der Waals surface area (Å²) in [6.45, 7) is 3.79. The van der Waals surface area contributed by atoms with E-state index in [1.165, 1.54) is 0 Å². The van der Waals surface area contributed by atoms with Gasteiger partial charge in [0.05, 0.1) is 0 Å². The van der Waals surface area contributed by atoms with Crippen LogP contribution in [0.5, 0.6) is 0 Å². The molecule has 1 aromatic heterocycles. The molecule has 156 valence electrons. The van der Waals surface area contributed by atoms with Crippen molar-refractivity contribution in [1.29, 1.82) is 0 Å². The number of hydrogen-bond acceptors (Lipinski definition) is 4. The van der Waals surface area contributed by atoms with Crippen LogP contribution in [0, 0.1) is 5.92 Å². The van der Waals surface area contributed by atoms with Crippen molar-refractivity contribution in [3.63, 3.8) is 0 Å². The van der Waals surface area contributed by atoms with E-state index in [9.17, 15) is 13.2 Å². The summed E-state index contributed by atoms with van der Waals surface area (Å²) in [5.74, 6) is 0.468. The summed E-state index contributed by atoms with van der Waals surface area (Å²) < 4.78 is 40.0. The summed E-state index contributed by atoms with van der Waals surface area (Å²) in [5, 5.41) is 6.36. The van der Waals surface area contributed by atoms with Crippen LogP contribution in [0.3, 0.4) is 0 Å². The zero-order chi connectivity index (χ0) is 21.0. The average molecular weight is 444 g/mol. The van der Waals surface area contributed by atoms with Gasteiger partial charge in [-0.05, 0) is 48.7 Å². The molecular formula is C19H21ClF3N5S. The SMILES string of the molecule is C[C@H]1CCCN(c2cc(C(F)(F)F)nc(NC(=S)NCc3ccc(Cl)cc3)n2)C1. The molecule has 29 heavy (non-hydrogen) atoms. The lowest BCUT2D eigenvalue weighted by molar-refractivity contribution is -0.141. The molecule has 5 nitrogen and oxygen atoms in total. The Morgan fingerprint density at radius 3 is 2.66 bits per heavy atom. The fraction of sp³-hybridized carbons (Fsp3) is 0.421. The van der Waals surface area contributed by atoms with Gasteiger partial charge in [-0.15, -0.1) is 0 Å². The lowest BCUT2D eigenvalue weighted by Gasteiger charge is -2.32. The molecule has 10 heteroatoms. The highest BCUT2D eigenvalue weighted by molar-refractivity contribution is 7.80. The van der Waals surface area contributed by atoms with E-state index in [-0.39, 0.29) is 16.9 Å². The third kappa shape index (κ3) is 6.17. The second kappa shape index (κ2) is 9.13. The number of nitrogens with one attached hydrogen (secondary N) is 2. The molecule has 0 unspecified atom stereocenters. The first kappa shape index (κ1) is 21.6. The number of rotatable bonds is 4. The zero-order valence-corrected chi connectivity index (χ0v) is 17.3. The van der Waals surface area contributed by atoms with Gasteiger partial charge in [-0.1, -0.05) is 30.7 Å². The molecule has 0 radical (unpaired) electrons. The van der Waals surface area contributed by atoms with Crippen molar-refractivity contribution in [2.45, 2.75) is 32.5 Å². The lowest BCUT2D eigenvalue weighted by atomic mass is 10.0. The fourth-order valence-electron chi connectivity index (χ4n) is 3.13. The Hall–Kier alpha value is -2.13. The number of nitrogens with zero attached hydrogens (tertiary/aromatic N) is 3. The summed E-state index contributed by atoms with van der Waals surface area (Å²) in [6.07, 6.45) is -2.61. The minimum Gasteiger partial charge on any atom is -0.358 e. The van der Waals surface area contributed by atoms with Crippen molar-refractivity contribution in [1.82, 2.24) is 15.3 Å². The maximum Gasteiger partial charge on any atom is 0.433 e. The van der Waals surface area contributed by atoms with E-state index in [1.807, 2.05) is 17.0 Å². The first-order valence-electron chi connectivity index (χ1n) is 9.21. The normalized spacial score (nSPS) is 17.1. The Morgan fingerprint density at radius 1 is 1.28 bits per heavy atom. The topological polar surface area (TPSA) is 53.1 Å². The molecule has 0 amide bonds. The summed E-state index contributed by atoms with van der Waals surface area (Å²) in [5.41, 5.74) is -0.0739. The number of alkyl halides is 3. The average Bonchev–Trinajstić information content (AvgIpc) is 2.66. The Balaban J connectivity index is 1.73. The number of halogens is 4. The van der Waals surface area contributed by atoms with Crippen molar-refractivity contribution in [2.75, 3.05) is 23.3 Å². The van der Waals surface area contributed by atoms with Crippen molar-refractivity contribution in [3.05, 3.63) is 46.6 Å². The summed E-state index contributed by atoms with van der Waals surface area (Å²) >= 11 is 11.0. The highest BCUT2D eigenvalue weighted by atomic mass is 35.5. The molecule has 2 N–H and O–H groups in total. The van der Waals surface area contributed by atoms with Crippen LogP contribution in [0.1, 0.15) is 31.0 Å².